The number of carbonyl (C=O) groups excluding carboxylic acids is 2. The molecule has 2 atom stereocenters. The molecule has 0 saturated carbocycles. The number of thiophene rings is 1. The third-order valence-corrected chi connectivity index (χ3v) is 6.47. The zero-order valence-corrected chi connectivity index (χ0v) is 17.4. The number of nitrogens with one attached hydrogen (secondary N) is 1. The summed E-state index contributed by atoms with van der Waals surface area (Å²) >= 11 is 1.28. The summed E-state index contributed by atoms with van der Waals surface area (Å²) in [5.41, 5.74) is 9.74. The van der Waals surface area contributed by atoms with E-state index in [4.69, 9.17) is 5.73 Å². The molecule has 0 aliphatic heterocycles. The molecule has 0 fully saturated rings. The van der Waals surface area contributed by atoms with Gasteiger partial charge in [-0.15, -0.1) is 11.3 Å². The monoisotopic (exact) mass is 412 g/mol. The molecular formula is C22H24N2O4S. The average Bonchev–Trinajstić information content (AvgIpc) is 2.99. The van der Waals surface area contributed by atoms with E-state index in [1.165, 1.54) is 11.3 Å². The average molecular weight is 413 g/mol. The molecule has 3 rings (SSSR count). The third-order valence-electron chi connectivity index (χ3n) is 5.45. The molecule has 0 spiro atoms. The molecule has 2 amide bonds. The number of carboxylic acid groups (broad SMARTS) is 1. The number of allylic oxidation sites excluding steroid dienone is 2. The number of primary amides is 1. The number of anilines is 1. The maximum atomic E-state index is 12.9. The first-order valence-corrected chi connectivity index (χ1v) is 10.2. The normalized spacial score (nSPS) is 18.4. The van der Waals surface area contributed by atoms with Gasteiger partial charge >= 0.3 is 5.97 Å². The van der Waals surface area contributed by atoms with Crippen molar-refractivity contribution < 1.29 is 19.5 Å². The van der Waals surface area contributed by atoms with Crippen molar-refractivity contribution in [3.05, 3.63) is 51.9 Å². The lowest BCUT2D eigenvalue weighted by molar-refractivity contribution is -0.146. The van der Waals surface area contributed by atoms with Crippen LogP contribution < -0.4 is 11.1 Å². The summed E-state index contributed by atoms with van der Waals surface area (Å²) in [6.07, 6.45) is 4.26. The van der Waals surface area contributed by atoms with E-state index in [0.29, 0.717) is 23.4 Å². The van der Waals surface area contributed by atoms with Gasteiger partial charge in [-0.2, -0.15) is 0 Å². The fraction of sp³-hybridized carbons (Fsp3) is 0.318. The van der Waals surface area contributed by atoms with Gasteiger partial charge in [0.1, 0.15) is 5.00 Å². The Morgan fingerprint density at radius 3 is 2.31 bits per heavy atom. The Kier molecular flexibility index (Phi) is 5.88. The van der Waals surface area contributed by atoms with Crippen molar-refractivity contribution in [2.75, 3.05) is 5.32 Å². The largest absolute Gasteiger partial charge is 0.481 e. The highest BCUT2D eigenvalue weighted by Crippen LogP contribution is 2.41. The lowest BCUT2D eigenvalue weighted by atomic mass is 9.82. The van der Waals surface area contributed by atoms with Crippen LogP contribution in [0.25, 0.3) is 11.1 Å². The van der Waals surface area contributed by atoms with E-state index in [2.05, 4.69) is 5.32 Å². The van der Waals surface area contributed by atoms with E-state index >= 15 is 0 Å². The van der Waals surface area contributed by atoms with Crippen LogP contribution in [0.15, 0.2) is 30.4 Å². The van der Waals surface area contributed by atoms with Gasteiger partial charge in [-0.3, -0.25) is 14.4 Å². The first-order valence-electron chi connectivity index (χ1n) is 9.40. The highest BCUT2D eigenvalue weighted by Gasteiger charge is 2.35. The van der Waals surface area contributed by atoms with Gasteiger partial charge in [-0.25, -0.2) is 0 Å². The Hall–Kier alpha value is -2.93. The van der Waals surface area contributed by atoms with E-state index in [9.17, 15) is 19.5 Å². The SMILES string of the molecule is Cc1ccc(-c2c(C)sc(NC(=O)[C@H]3CC=CC[C@H]3C(=O)O)c2C(N)=O)cc1C. The number of amides is 2. The highest BCUT2D eigenvalue weighted by atomic mass is 32.1. The summed E-state index contributed by atoms with van der Waals surface area (Å²) in [4.78, 5) is 37.5. The van der Waals surface area contributed by atoms with E-state index in [0.717, 1.165) is 21.6 Å². The van der Waals surface area contributed by atoms with Crippen LogP contribution in [0.3, 0.4) is 0 Å². The minimum atomic E-state index is -0.997. The number of carboxylic acids is 1. The van der Waals surface area contributed by atoms with Gasteiger partial charge in [0.25, 0.3) is 5.91 Å². The van der Waals surface area contributed by atoms with Crippen molar-refractivity contribution in [3.8, 4) is 11.1 Å². The molecule has 0 bridgehead atoms. The number of benzene rings is 1. The second-order valence-corrected chi connectivity index (χ2v) is 8.61. The molecule has 1 aromatic carbocycles. The van der Waals surface area contributed by atoms with Crippen LogP contribution in [0.5, 0.6) is 0 Å². The fourth-order valence-electron chi connectivity index (χ4n) is 3.69. The van der Waals surface area contributed by atoms with Crippen molar-refractivity contribution in [1.82, 2.24) is 0 Å². The molecule has 1 aliphatic rings. The van der Waals surface area contributed by atoms with Gasteiger partial charge < -0.3 is 16.2 Å². The van der Waals surface area contributed by atoms with Gasteiger partial charge in [-0.05, 0) is 50.3 Å². The third kappa shape index (κ3) is 4.10. The molecule has 1 aliphatic carbocycles. The van der Waals surface area contributed by atoms with Crippen LogP contribution in [0.1, 0.15) is 39.2 Å². The smallest absolute Gasteiger partial charge is 0.307 e. The molecule has 1 aromatic heterocycles. The van der Waals surface area contributed by atoms with E-state index in [-0.39, 0.29) is 5.56 Å². The Bertz CT molecular complexity index is 1020. The Morgan fingerprint density at radius 1 is 1.07 bits per heavy atom. The summed E-state index contributed by atoms with van der Waals surface area (Å²) in [6, 6.07) is 5.91. The lowest BCUT2D eigenvalue weighted by Crippen LogP contribution is -2.35. The summed E-state index contributed by atoms with van der Waals surface area (Å²) < 4.78 is 0. The molecule has 29 heavy (non-hydrogen) atoms. The predicted molar refractivity (Wildman–Crippen MR) is 114 cm³/mol. The van der Waals surface area contributed by atoms with Crippen LogP contribution in [0, 0.1) is 32.6 Å². The quantitative estimate of drug-likeness (QED) is 0.644. The number of hydrogen-bond acceptors (Lipinski definition) is 4. The van der Waals surface area contributed by atoms with Crippen LogP contribution in [0.4, 0.5) is 5.00 Å². The molecule has 7 heteroatoms. The Balaban J connectivity index is 1.99. The number of nitrogens with two attached hydrogens (primary N) is 1. The number of hydrogen-bond donors (Lipinski definition) is 3. The van der Waals surface area contributed by atoms with Crippen molar-refractivity contribution in [2.24, 2.45) is 17.6 Å². The molecule has 0 radical (unpaired) electrons. The Labute approximate surface area is 173 Å². The molecule has 4 N–H and O–H groups in total. The maximum Gasteiger partial charge on any atom is 0.307 e. The molecule has 1 heterocycles. The molecule has 2 aromatic rings. The molecule has 152 valence electrons. The predicted octanol–water partition coefficient (Wildman–Crippen LogP) is 4.04. The van der Waals surface area contributed by atoms with Crippen molar-refractivity contribution in [1.29, 1.82) is 0 Å². The number of aryl methyl sites for hydroxylation is 3. The topological polar surface area (TPSA) is 109 Å². The summed E-state index contributed by atoms with van der Waals surface area (Å²) in [6.45, 7) is 5.88. The van der Waals surface area contributed by atoms with Crippen LogP contribution in [-0.4, -0.2) is 22.9 Å². The van der Waals surface area contributed by atoms with Gasteiger partial charge in [-0.1, -0.05) is 30.4 Å². The maximum absolute atomic E-state index is 12.9. The number of rotatable bonds is 5. The van der Waals surface area contributed by atoms with E-state index < -0.39 is 29.6 Å². The van der Waals surface area contributed by atoms with Gasteiger partial charge in [0.05, 0.1) is 17.4 Å². The van der Waals surface area contributed by atoms with E-state index in [1.807, 2.05) is 45.0 Å². The summed E-state index contributed by atoms with van der Waals surface area (Å²) in [7, 11) is 0. The zero-order valence-electron chi connectivity index (χ0n) is 16.6. The first kappa shape index (κ1) is 20.8. The molecule has 6 nitrogen and oxygen atoms in total. The van der Waals surface area contributed by atoms with Crippen molar-refractivity contribution >= 4 is 34.1 Å². The number of carbonyl (C=O) groups is 3. The minimum absolute atomic E-state index is 0.266. The van der Waals surface area contributed by atoms with Crippen LogP contribution in [-0.2, 0) is 9.59 Å². The second-order valence-electron chi connectivity index (χ2n) is 7.38. The second kappa shape index (κ2) is 8.21. The fourth-order valence-corrected chi connectivity index (χ4v) is 4.78. The van der Waals surface area contributed by atoms with Crippen LogP contribution >= 0.6 is 11.3 Å². The molecule has 0 unspecified atom stereocenters. The zero-order chi connectivity index (χ0) is 21.3. The summed E-state index contributed by atoms with van der Waals surface area (Å²) in [5, 5.41) is 12.6. The number of aliphatic carboxylic acids is 1. The van der Waals surface area contributed by atoms with Gasteiger partial charge in [0.2, 0.25) is 5.91 Å². The van der Waals surface area contributed by atoms with Crippen molar-refractivity contribution in [2.45, 2.75) is 33.6 Å². The standard InChI is InChI=1S/C22H24N2O4S/c1-11-8-9-14(10-12(11)2)17-13(3)29-21(18(17)19(23)25)24-20(26)15-6-4-5-7-16(15)22(27)28/h4-5,8-10,15-16H,6-7H2,1-3H3,(H2,23,25)(H,24,26)(H,27,28)/t15-,16+/m0/s1. The minimum Gasteiger partial charge on any atom is -0.481 e. The summed E-state index contributed by atoms with van der Waals surface area (Å²) in [5.74, 6) is -3.50. The lowest BCUT2D eigenvalue weighted by Gasteiger charge is -2.24. The van der Waals surface area contributed by atoms with Gasteiger partial charge in [0.15, 0.2) is 0 Å². The molecular weight excluding hydrogens is 388 g/mol. The van der Waals surface area contributed by atoms with Crippen molar-refractivity contribution in [3.63, 3.8) is 0 Å². The first-order chi connectivity index (χ1) is 13.7. The highest BCUT2D eigenvalue weighted by molar-refractivity contribution is 7.17. The van der Waals surface area contributed by atoms with Gasteiger partial charge in [0, 0.05) is 10.4 Å². The Morgan fingerprint density at radius 2 is 1.72 bits per heavy atom. The molecule has 0 saturated heterocycles. The van der Waals surface area contributed by atoms with E-state index in [1.54, 1.807) is 6.08 Å². The van der Waals surface area contributed by atoms with Crippen LogP contribution in [0.2, 0.25) is 0 Å².